The lowest BCUT2D eigenvalue weighted by molar-refractivity contribution is -0.137. The zero-order chi connectivity index (χ0) is 19.1. The highest BCUT2D eigenvalue weighted by atomic mass is 19.4. The van der Waals surface area contributed by atoms with Crippen LogP contribution in [0.4, 0.5) is 18.9 Å². The largest absolute Gasteiger partial charge is 0.416 e. The molecule has 1 saturated heterocycles. The Kier molecular flexibility index (Phi) is 4.46. The van der Waals surface area contributed by atoms with Crippen LogP contribution in [0, 0.1) is 0 Å². The lowest BCUT2D eigenvalue weighted by Crippen LogP contribution is -2.61. The topological polar surface area (TPSA) is 32.3 Å². The summed E-state index contributed by atoms with van der Waals surface area (Å²) in [5.74, 6) is -0.00666. The minimum Gasteiger partial charge on any atom is -0.324 e. The first kappa shape index (κ1) is 18.0. The lowest BCUT2D eigenvalue weighted by Gasteiger charge is -2.48. The van der Waals surface area contributed by atoms with Crippen molar-refractivity contribution in [1.29, 1.82) is 0 Å². The summed E-state index contributed by atoms with van der Waals surface area (Å²) in [5, 5.41) is 3.04. The molecule has 27 heavy (non-hydrogen) atoms. The van der Waals surface area contributed by atoms with Crippen molar-refractivity contribution >= 4 is 11.6 Å². The molecule has 142 valence electrons. The number of hydrogen-bond donors (Lipinski definition) is 1. The predicted molar refractivity (Wildman–Crippen MR) is 97.2 cm³/mol. The van der Waals surface area contributed by atoms with Gasteiger partial charge in [-0.25, -0.2) is 0 Å². The number of hydrogen-bond acceptors (Lipinski definition) is 2. The molecule has 2 heterocycles. The number of anilines is 1. The molecule has 0 aromatic heterocycles. The Balaban J connectivity index is 1.61. The first-order valence-electron chi connectivity index (χ1n) is 9.19. The Labute approximate surface area is 156 Å². The molecule has 6 heteroatoms. The number of fused-ring (bicyclic) bond motifs is 1. The number of para-hydroxylation sites is 1. The first-order chi connectivity index (χ1) is 12.9. The molecule has 2 aromatic rings. The van der Waals surface area contributed by atoms with E-state index in [0.29, 0.717) is 13.0 Å². The van der Waals surface area contributed by atoms with E-state index in [-0.39, 0.29) is 5.91 Å². The third-order valence-electron chi connectivity index (χ3n) is 5.70. The summed E-state index contributed by atoms with van der Waals surface area (Å²) < 4.78 is 38.4. The molecular weight excluding hydrogens is 353 g/mol. The van der Waals surface area contributed by atoms with Crippen LogP contribution < -0.4 is 5.32 Å². The normalized spacial score (nSPS) is 23.1. The quantitative estimate of drug-likeness (QED) is 0.832. The van der Waals surface area contributed by atoms with E-state index in [4.69, 9.17) is 0 Å². The number of piperidine rings is 1. The van der Waals surface area contributed by atoms with Crippen molar-refractivity contribution in [1.82, 2.24) is 4.90 Å². The smallest absolute Gasteiger partial charge is 0.324 e. The minimum absolute atomic E-state index is 0.00666. The summed E-state index contributed by atoms with van der Waals surface area (Å²) in [4.78, 5) is 15.2. The fraction of sp³-hybridized carbons (Fsp3) is 0.381. The van der Waals surface area contributed by atoms with Gasteiger partial charge in [0.15, 0.2) is 0 Å². The standard InChI is InChI=1S/C21H21F3N2O/c22-21(23,24)17-9-7-15(8-10-17)14-26-12-4-3-11-20(26)13-16-5-1-2-6-18(16)25-19(20)27/h1-2,5-10H,3-4,11-14H2,(H,25,27). The molecule has 2 aromatic carbocycles. The SMILES string of the molecule is O=C1Nc2ccccc2CC12CCCCN2Cc1ccc(C(F)(F)F)cc1. The summed E-state index contributed by atoms with van der Waals surface area (Å²) in [6, 6.07) is 13.1. The van der Waals surface area contributed by atoms with Gasteiger partial charge in [-0.05, 0) is 55.1 Å². The van der Waals surface area contributed by atoms with Gasteiger partial charge >= 0.3 is 6.18 Å². The number of nitrogens with zero attached hydrogens (tertiary/aromatic N) is 1. The summed E-state index contributed by atoms with van der Waals surface area (Å²) in [7, 11) is 0. The second-order valence-electron chi connectivity index (χ2n) is 7.39. The summed E-state index contributed by atoms with van der Waals surface area (Å²) in [6.07, 6.45) is -0.988. The molecule has 1 N–H and O–H groups in total. The molecule has 0 saturated carbocycles. The second-order valence-corrected chi connectivity index (χ2v) is 7.39. The van der Waals surface area contributed by atoms with E-state index in [1.54, 1.807) is 0 Å². The number of carbonyl (C=O) groups excluding carboxylic acids is 1. The van der Waals surface area contributed by atoms with Crippen molar-refractivity contribution in [3.05, 3.63) is 65.2 Å². The third-order valence-corrected chi connectivity index (χ3v) is 5.70. The number of likely N-dealkylation sites (tertiary alicyclic amines) is 1. The lowest BCUT2D eigenvalue weighted by atomic mass is 9.77. The van der Waals surface area contributed by atoms with Crippen molar-refractivity contribution in [3.8, 4) is 0 Å². The van der Waals surface area contributed by atoms with E-state index in [0.717, 1.165) is 54.8 Å². The van der Waals surface area contributed by atoms with E-state index in [1.807, 2.05) is 24.3 Å². The Morgan fingerprint density at radius 3 is 2.52 bits per heavy atom. The van der Waals surface area contributed by atoms with Crippen LogP contribution >= 0.6 is 0 Å². The van der Waals surface area contributed by atoms with E-state index < -0.39 is 17.3 Å². The Morgan fingerprint density at radius 1 is 1.04 bits per heavy atom. The summed E-state index contributed by atoms with van der Waals surface area (Å²) >= 11 is 0. The fourth-order valence-corrected chi connectivity index (χ4v) is 4.23. The monoisotopic (exact) mass is 374 g/mol. The van der Waals surface area contributed by atoms with E-state index in [2.05, 4.69) is 10.2 Å². The molecule has 4 rings (SSSR count). The van der Waals surface area contributed by atoms with Gasteiger partial charge < -0.3 is 5.32 Å². The maximum Gasteiger partial charge on any atom is 0.416 e. The van der Waals surface area contributed by atoms with Crippen molar-refractivity contribution in [3.63, 3.8) is 0 Å². The van der Waals surface area contributed by atoms with Crippen LogP contribution in [0.15, 0.2) is 48.5 Å². The minimum atomic E-state index is -4.34. The Morgan fingerprint density at radius 2 is 1.78 bits per heavy atom. The molecule has 1 unspecified atom stereocenters. The van der Waals surface area contributed by atoms with Crippen LogP contribution in [0.2, 0.25) is 0 Å². The van der Waals surface area contributed by atoms with E-state index >= 15 is 0 Å². The third kappa shape index (κ3) is 3.34. The highest BCUT2D eigenvalue weighted by Crippen LogP contribution is 2.39. The number of rotatable bonds is 2. The molecule has 2 aliphatic rings. The second kappa shape index (κ2) is 6.68. The first-order valence-corrected chi connectivity index (χ1v) is 9.19. The fourth-order valence-electron chi connectivity index (χ4n) is 4.23. The van der Waals surface area contributed by atoms with Gasteiger partial charge in [-0.2, -0.15) is 13.2 Å². The van der Waals surface area contributed by atoms with Crippen molar-refractivity contribution in [2.45, 2.75) is 43.9 Å². The van der Waals surface area contributed by atoms with Gasteiger partial charge in [0.25, 0.3) is 0 Å². The highest BCUT2D eigenvalue weighted by Gasteiger charge is 2.48. The summed E-state index contributed by atoms with van der Waals surface area (Å²) in [6.45, 7) is 1.23. The van der Waals surface area contributed by atoms with E-state index in [1.165, 1.54) is 12.1 Å². The molecule has 0 aliphatic carbocycles. The molecule has 0 radical (unpaired) electrons. The maximum absolute atomic E-state index is 13.0. The summed E-state index contributed by atoms with van der Waals surface area (Å²) in [5.41, 5.74) is 1.47. The van der Waals surface area contributed by atoms with Crippen LogP contribution in [0.25, 0.3) is 0 Å². The molecule has 3 nitrogen and oxygen atoms in total. The molecule has 2 aliphatic heterocycles. The number of halogens is 3. The average molecular weight is 374 g/mol. The Bertz CT molecular complexity index is 847. The van der Waals surface area contributed by atoms with E-state index in [9.17, 15) is 18.0 Å². The zero-order valence-electron chi connectivity index (χ0n) is 14.9. The van der Waals surface area contributed by atoms with Gasteiger partial charge in [-0.3, -0.25) is 9.69 Å². The molecular formula is C21H21F3N2O. The van der Waals surface area contributed by atoms with Gasteiger partial charge in [0.2, 0.25) is 5.91 Å². The van der Waals surface area contributed by atoms with Gasteiger partial charge in [-0.1, -0.05) is 30.3 Å². The number of carbonyl (C=O) groups is 1. The van der Waals surface area contributed by atoms with Crippen LogP contribution in [-0.2, 0) is 23.9 Å². The van der Waals surface area contributed by atoms with Gasteiger partial charge in [0.05, 0.1) is 5.56 Å². The average Bonchev–Trinajstić information content (AvgIpc) is 2.64. The maximum atomic E-state index is 13.0. The van der Waals surface area contributed by atoms with Crippen molar-refractivity contribution in [2.75, 3.05) is 11.9 Å². The van der Waals surface area contributed by atoms with Gasteiger partial charge in [0.1, 0.15) is 5.54 Å². The van der Waals surface area contributed by atoms with Gasteiger partial charge in [-0.15, -0.1) is 0 Å². The number of benzene rings is 2. The zero-order valence-corrected chi connectivity index (χ0v) is 14.9. The molecule has 1 spiro atoms. The van der Waals surface area contributed by atoms with Crippen LogP contribution in [0.3, 0.4) is 0 Å². The van der Waals surface area contributed by atoms with Crippen LogP contribution in [0.1, 0.15) is 36.0 Å². The molecule has 0 bridgehead atoms. The molecule has 1 fully saturated rings. The van der Waals surface area contributed by atoms with Crippen molar-refractivity contribution in [2.24, 2.45) is 0 Å². The molecule has 1 amide bonds. The Hall–Kier alpha value is -2.34. The van der Waals surface area contributed by atoms with Gasteiger partial charge in [0, 0.05) is 18.7 Å². The number of amides is 1. The number of nitrogens with one attached hydrogen (secondary N) is 1. The molecule has 1 atom stereocenters. The van der Waals surface area contributed by atoms with Crippen molar-refractivity contribution < 1.29 is 18.0 Å². The number of alkyl halides is 3. The predicted octanol–water partition coefficient (Wildman–Crippen LogP) is 4.62. The highest BCUT2D eigenvalue weighted by molar-refractivity contribution is 6.01. The van der Waals surface area contributed by atoms with Crippen LogP contribution in [-0.4, -0.2) is 22.9 Å². The van der Waals surface area contributed by atoms with Crippen LogP contribution in [0.5, 0.6) is 0 Å².